The molecule has 1 aliphatic heterocycles. The van der Waals surface area contributed by atoms with Crippen LogP contribution in [0.25, 0.3) is 0 Å². The van der Waals surface area contributed by atoms with E-state index in [-0.39, 0.29) is 10.6 Å². The molecule has 5 nitrogen and oxygen atoms in total. The van der Waals surface area contributed by atoms with Crippen LogP contribution in [0.3, 0.4) is 0 Å². The van der Waals surface area contributed by atoms with E-state index in [0.29, 0.717) is 0 Å². The van der Waals surface area contributed by atoms with Gasteiger partial charge in [0.1, 0.15) is 0 Å². The van der Waals surface area contributed by atoms with Crippen molar-refractivity contribution in [3.05, 3.63) is 39.9 Å². The predicted octanol–water partition coefficient (Wildman–Crippen LogP) is 1.86. The van der Waals surface area contributed by atoms with Crippen molar-refractivity contribution >= 4 is 5.69 Å². The van der Waals surface area contributed by atoms with E-state index in [9.17, 15) is 10.1 Å². The van der Waals surface area contributed by atoms with E-state index >= 15 is 0 Å². The molecule has 98 valence electrons. The molecular formula is C13H18N2O3. The van der Waals surface area contributed by atoms with Crippen LogP contribution in [0, 0.1) is 10.1 Å². The normalized spacial score (nSPS) is 16.7. The van der Waals surface area contributed by atoms with Gasteiger partial charge in [-0.3, -0.25) is 15.0 Å². The maximum absolute atomic E-state index is 10.7. The number of non-ortho nitro benzene ring substituents is 1. The molecule has 0 spiro atoms. The summed E-state index contributed by atoms with van der Waals surface area (Å²) in [6, 6.07) is 6.90. The predicted molar refractivity (Wildman–Crippen MR) is 68.7 cm³/mol. The molecule has 2 rings (SSSR count). The summed E-state index contributed by atoms with van der Waals surface area (Å²) in [6.07, 6.45) is 1.92. The molecule has 1 heterocycles. The van der Waals surface area contributed by atoms with Crippen molar-refractivity contribution < 1.29 is 9.66 Å². The first-order valence-corrected chi connectivity index (χ1v) is 6.29. The van der Waals surface area contributed by atoms with Crippen LogP contribution in [0.1, 0.15) is 12.0 Å². The molecule has 0 bridgehead atoms. The van der Waals surface area contributed by atoms with Gasteiger partial charge in [-0.15, -0.1) is 0 Å². The van der Waals surface area contributed by atoms with Gasteiger partial charge in [-0.25, -0.2) is 0 Å². The SMILES string of the molecule is O=[N+]([O-])c1cccc(CCCN2CCOCC2)c1. The Morgan fingerprint density at radius 3 is 2.83 bits per heavy atom. The van der Waals surface area contributed by atoms with E-state index < -0.39 is 0 Å². The highest BCUT2D eigenvalue weighted by Gasteiger charge is 2.10. The molecule has 1 aliphatic rings. The number of nitro benzene ring substituents is 1. The van der Waals surface area contributed by atoms with Crippen LogP contribution in [0.15, 0.2) is 24.3 Å². The Labute approximate surface area is 107 Å². The molecule has 1 aromatic carbocycles. The molecule has 18 heavy (non-hydrogen) atoms. The van der Waals surface area contributed by atoms with E-state index in [1.165, 1.54) is 6.07 Å². The number of nitro groups is 1. The Kier molecular flexibility index (Phi) is 4.66. The van der Waals surface area contributed by atoms with E-state index in [2.05, 4.69) is 4.90 Å². The first kappa shape index (κ1) is 13.0. The van der Waals surface area contributed by atoms with Crippen LogP contribution in [-0.4, -0.2) is 42.7 Å². The zero-order valence-electron chi connectivity index (χ0n) is 10.4. The average molecular weight is 250 g/mol. The molecule has 0 atom stereocenters. The molecule has 0 aromatic heterocycles. The maximum Gasteiger partial charge on any atom is 0.269 e. The number of hydrogen-bond donors (Lipinski definition) is 0. The second-order valence-corrected chi connectivity index (χ2v) is 4.48. The van der Waals surface area contributed by atoms with Gasteiger partial charge in [0.25, 0.3) is 5.69 Å². The summed E-state index contributed by atoms with van der Waals surface area (Å²) < 4.78 is 5.29. The molecule has 5 heteroatoms. The van der Waals surface area contributed by atoms with Crippen molar-refractivity contribution in [3.8, 4) is 0 Å². The lowest BCUT2D eigenvalue weighted by Crippen LogP contribution is -2.36. The third-order valence-corrected chi connectivity index (χ3v) is 3.16. The summed E-state index contributed by atoms with van der Waals surface area (Å²) in [7, 11) is 0. The number of aryl methyl sites for hydroxylation is 1. The zero-order valence-corrected chi connectivity index (χ0v) is 10.4. The van der Waals surface area contributed by atoms with Gasteiger partial charge in [0.2, 0.25) is 0 Å². The summed E-state index contributed by atoms with van der Waals surface area (Å²) in [5, 5.41) is 10.7. The first-order valence-electron chi connectivity index (χ1n) is 6.29. The number of ether oxygens (including phenoxy) is 1. The van der Waals surface area contributed by atoms with E-state index in [1.54, 1.807) is 12.1 Å². The van der Waals surface area contributed by atoms with E-state index in [4.69, 9.17) is 4.74 Å². The van der Waals surface area contributed by atoms with Gasteiger partial charge in [-0.05, 0) is 24.9 Å². The second-order valence-electron chi connectivity index (χ2n) is 4.48. The Morgan fingerprint density at radius 1 is 1.33 bits per heavy atom. The van der Waals surface area contributed by atoms with Gasteiger partial charge in [-0.1, -0.05) is 12.1 Å². The minimum absolute atomic E-state index is 0.180. The van der Waals surface area contributed by atoms with Crippen molar-refractivity contribution in [2.45, 2.75) is 12.8 Å². The standard InChI is InChI=1S/C13H18N2O3/c16-15(17)13-5-1-3-12(11-13)4-2-6-14-7-9-18-10-8-14/h1,3,5,11H,2,4,6-10H2. The fourth-order valence-corrected chi connectivity index (χ4v) is 2.16. The van der Waals surface area contributed by atoms with Gasteiger partial charge in [0.15, 0.2) is 0 Å². The Balaban J connectivity index is 1.78. The molecule has 0 aliphatic carbocycles. The number of morpholine rings is 1. The van der Waals surface area contributed by atoms with Gasteiger partial charge >= 0.3 is 0 Å². The molecule has 0 amide bonds. The van der Waals surface area contributed by atoms with Crippen LogP contribution in [0.5, 0.6) is 0 Å². The van der Waals surface area contributed by atoms with Crippen molar-refractivity contribution in [3.63, 3.8) is 0 Å². The fraction of sp³-hybridized carbons (Fsp3) is 0.538. The number of benzene rings is 1. The second kappa shape index (κ2) is 6.47. The lowest BCUT2D eigenvalue weighted by atomic mass is 10.1. The van der Waals surface area contributed by atoms with Gasteiger partial charge in [0.05, 0.1) is 18.1 Å². The highest BCUT2D eigenvalue weighted by molar-refractivity contribution is 5.34. The van der Waals surface area contributed by atoms with Crippen molar-refractivity contribution in [1.29, 1.82) is 0 Å². The van der Waals surface area contributed by atoms with Crippen molar-refractivity contribution in [1.82, 2.24) is 4.90 Å². The molecule has 0 unspecified atom stereocenters. The summed E-state index contributed by atoms with van der Waals surface area (Å²) in [5.74, 6) is 0. The quantitative estimate of drug-likeness (QED) is 0.591. The molecule has 1 saturated heterocycles. The van der Waals surface area contributed by atoms with Crippen LogP contribution < -0.4 is 0 Å². The first-order chi connectivity index (χ1) is 8.75. The fourth-order valence-electron chi connectivity index (χ4n) is 2.16. The summed E-state index contributed by atoms with van der Waals surface area (Å²) in [5.41, 5.74) is 1.22. The average Bonchev–Trinajstić information content (AvgIpc) is 2.40. The summed E-state index contributed by atoms with van der Waals surface area (Å²) in [4.78, 5) is 12.7. The lowest BCUT2D eigenvalue weighted by molar-refractivity contribution is -0.384. The highest BCUT2D eigenvalue weighted by atomic mass is 16.6. The van der Waals surface area contributed by atoms with Crippen molar-refractivity contribution in [2.75, 3.05) is 32.8 Å². The lowest BCUT2D eigenvalue weighted by Gasteiger charge is -2.26. The summed E-state index contributed by atoms with van der Waals surface area (Å²) >= 11 is 0. The molecule has 0 radical (unpaired) electrons. The number of hydrogen-bond acceptors (Lipinski definition) is 4. The third-order valence-electron chi connectivity index (χ3n) is 3.16. The highest BCUT2D eigenvalue weighted by Crippen LogP contribution is 2.14. The topological polar surface area (TPSA) is 55.6 Å². The van der Waals surface area contributed by atoms with Crippen LogP contribution in [0.2, 0.25) is 0 Å². The third kappa shape index (κ3) is 3.78. The Bertz CT molecular complexity index is 403. The summed E-state index contributed by atoms with van der Waals surface area (Å²) in [6.45, 7) is 4.66. The Hall–Kier alpha value is -1.46. The maximum atomic E-state index is 10.7. The Morgan fingerprint density at radius 2 is 2.11 bits per heavy atom. The molecule has 0 saturated carbocycles. The molecular weight excluding hydrogens is 232 g/mol. The molecule has 1 fully saturated rings. The largest absolute Gasteiger partial charge is 0.379 e. The van der Waals surface area contributed by atoms with Gasteiger partial charge in [-0.2, -0.15) is 0 Å². The monoisotopic (exact) mass is 250 g/mol. The number of rotatable bonds is 5. The van der Waals surface area contributed by atoms with Crippen LogP contribution in [-0.2, 0) is 11.2 Å². The molecule has 1 aromatic rings. The van der Waals surface area contributed by atoms with Gasteiger partial charge < -0.3 is 4.74 Å². The minimum Gasteiger partial charge on any atom is -0.379 e. The van der Waals surface area contributed by atoms with Crippen LogP contribution >= 0.6 is 0 Å². The van der Waals surface area contributed by atoms with Crippen molar-refractivity contribution in [2.24, 2.45) is 0 Å². The zero-order chi connectivity index (χ0) is 12.8. The van der Waals surface area contributed by atoms with E-state index in [1.807, 2.05) is 6.07 Å². The van der Waals surface area contributed by atoms with Gasteiger partial charge in [0, 0.05) is 25.2 Å². The molecule has 0 N–H and O–H groups in total. The minimum atomic E-state index is -0.342. The van der Waals surface area contributed by atoms with Crippen LogP contribution in [0.4, 0.5) is 5.69 Å². The number of nitrogens with zero attached hydrogens (tertiary/aromatic N) is 2. The smallest absolute Gasteiger partial charge is 0.269 e. The van der Waals surface area contributed by atoms with E-state index in [0.717, 1.165) is 51.3 Å².